The monoisotopic (exact) mass is 295 g/mol. The van der Waals surface area contributed by atoms with E-state index < -0.39 is 0 Å². The molecule has 0 aliphatic rings. The van der Waals surface area contributed by atoms with Crippen LogP contribution >= 0.6 is 0 Å². The summed E-state index contributed by atoms with van der Waals surface area (Å²) >= 11 is 0. The molecule has 1 amide bonds. The topological polar surface area (TPSA) is 29.1 Å². The summed E-state index contributed by atoms with van der Waals surface area (Å²) in [5.74, 6) is 0.0545. The molecule has 0 atom stereocenters. The molecule has 2 nitrogen and oxygen atoms in total. The minimum atomic E-state index is 0.0545. The van der Waals surface area contributed by atoms with E-state index in [1.165, 1.54) is 22.3 Å². The van der Waals surface area contributed by atoms with Gasteiger partial charge in [-0.25, -0.2) is 0 Å². The SMILES string of the molecule is CCc1cccc(CC)c1NC(=O)Cc1ccc(C)c(C)c1. The van der Waals surface area contributed by atoms with E-state index in [-0.39, 0.29) is 5.91 Å². The summed E-state index contributed by atoms with van der Waals surface area (Å²) in [6.07, 6.45) is 2.27. The van der Waals surface area contributed by atoms with Gasteiger partial charge < -0.3 is 5.32 Å². The van der Waals surface area contributed by atoms with Crippen molar-refractivity contribution >= 4 is 11.6 Å². The van der Waals surface area contributed by atoms with Gasteiger partial charge in [-0.2, -0.15) is 0 Å². The Bertz CT molecular complexity index is 651. The van der Waals surface area contributed by atoms with Crippen LogP contribution in [0.15, 0.2) is 36.4 Å². The minimum absolute atomic E-state index is 0.0545. The van der Waals surface area contributed by atoms with Gasteiger partial charge in [-0.3, -0.25) is 4.79 Å². The first-order chi connectivity index (χ1) is 10.5. The first-order valence-corrected chi connectivity index (χ1v) is 8.01. The third-order valence-electron chi connectivity index (χ3n) is 4.20. The number of para-hydroxylation sites is 1. The third kappa shape index (κ3) is 3.76. The molecule has 0 aliphatic carbocycles. The van der Waals surface area contributed by atoms with Crippen LogP contribution in [-0.2, 0) is 24.1 Å². The zero-order chi connectivity index (χ0) is 16.1. The molecule has 2 aromatic carbocycles. The lowest BCUT2D eigenvalue weighted by Crippen LogP contribution is -2.17. The molecular formula is C20H25NO. The quantitative estimate of drug-likeness (QED) is 0.857. The van der Waals surface area contributed by atoms with Crippen molar-refractivity contribution in [2.45, 2.75) is 47.0 Å². The maximum absolute atomic E-state index is 12.4. The van der Waals surface area contributed by atoms with Crippen LogP contribution in [0.4, 0.5) is 5.69 Å². The number of benzene rings is 2. The van der Waals surface area contributed by atoms with E-state index in [0.29, 0.717) is 6.42 Å². The zero-order valence-corrected chi connectivity index (χ0v) is 14.0. The van der Waals surface area contributed by atoms with E-state index in [9.17, 15) is 4.79 Å². The van der Waals surface area contributed by atoms with Gasteiger partial charge in [0.1, 0.15) is 0 Å². The van der Waals surface area contributed by atoms with Crippen molar-refractivity contribution in [3.05, 3.63) is 64.2 Å². The maximum Gasteiger partial charge on any atom is 0.228 e. The van der Waals surface area contributed by atoms with E-state index >= 15 is 0 Å². The Morgan fingerprint density at radius 2 is 1.59 bits per heavy atom. The van der Waals surface area contributed by atoms with E-state index in [4.69, 9.17) is 0 Å². The molecule has 0 bridgehead atoms. The van der Waals surface area contributed by atoms with E-state index in [2.05, 4.69) is 63.3 Å². The third-order valence-corrected chi connectivity index (χ3v) is 4.20. The molecule has 0 fully saturated rings. The molecule has 0 heterocycles. The van der Waals surface area contributed by atoms with Crippen LogP contribution in [0.5, 0.6) is 0 Å². The van der Waals surface area contributed by atoms with Gasteiger partial charge in [0.25, 0.3) is 0 Å². The fraction of sp³-hybridized carbons (Fsp3) is 0.350. The Morgan fingerprint density at radius 1 is 0.955 bits per heavy atom. The Labute approximate surface area is 133 Å². The molecule has 2 rings (SSSR count). The number of hydrogen-bond acceptors (Lipinski definition) is 1. The molecule has 116 valence electrons. The Morgan fingerprint density at radius 3 is 2.14 bits per heavy atom. The predicted molar refractivity (Wildman–Crippen MR) is 93.4 cm³/mol. The maximum atomic E-state index is 12.4. The summed E-state index contributed by atoms with van der Waals surface area (Å²) in [6.45, 7) is 8.41. The van der Waals surface area contributed by atoms with Crippen molar-refractivity contribution < 1.29 is 4.79 Å². The molecule has 0 saturated carbocycles. The number of rotatable bonds is 5. The summed E-state index contributed by atoms with van der Waals surface area (Å²) < 4.78 is 0. The Balaban J connectivity index is 2.17. The van der Waals surface area contributed by atoms with Crippen molar-refractivity contribution in [2.24, 2.45) is 0 Å². The second kappa shape index (κ2) is 7.26. The lowest BCUT2D eigenvalue weighted by Gasteiger charge is -2.14. The average Bonchev–Trinajstić information content (AvgIpc) is 2.51. The van der Waals surface area contributed by atoms with E-state index in [0.717, 1.165) is 24.1 Å². The van der Waals surface area contributed by atoms with Crippen molar-refractivity contribution in [1.82, 2.24) is 0 Å². The summed E-state index contributed by atoms with van der Waals surface area (Å²) in [6, 6.07) is 12.5. The number of nitrogens with one attached hydrogen (secondary N) is 1. The van der Waals surface area contributed by atoms with Crippen LogP contribution in [-0.4, -0.2) is 5.91 Å². The van der Waals surface area contributed by atoms with E-state index in [1.54, 1.807) is 0 Å². The average molecular weight is 295 g/mol. The molecule has 2 heteroatoms. The molecule has 0 radical (unpaired) electrons. The van der Waals surface area contributed by atoms with Gasteiger partial charge in [-0.05, 0) is 54.5 Å². The molecule has 0 saturated heterocycles. The molecule has 2 aromatic rings. The normalized spacial score (nSPS) is 10.5. The van der Waals surface area contributed by atoms with Crippen LogP contribution in [0.2, 0.25) is 0 Å². The first kappa shape index (κ1) is 16.3. The van der Waals surface area contributed by atoms with Gasteiger partial charge in [0.15, 0.2) is 0 Å². The van der Waals surface area contributed by atoms with Crippen LogP contribution in [0.25, 0.3) is 0 Å². The fourth-order valence-corrected chi connectivity index (χ4v) is 2.69. The van der Waals surface area contributed by atoms with Crippen molar-refractivity contribution in [2.75, 3.05) is 5.32 Å². The van der Waals surface area contributed by atoms with Crippen molar-refractivity contribution in [3.8, 4) is 0 Å². The molecule has 0 unspecified atom stereocenters. The van der Waals surface area contributed by atoms with Gasteiger partial charge in [-0.15, -0.1) is 0 Å². The van der Waals surface area contributed by atoms with Gasteiger partial charge in [-0.1, -0.05) is 50.2 Å². The van der Waals surface area contributed by atoms with Gasteiger partial charge in [0.05, 0.1) is 6.42 Å². The van der Waals surface area contributed by atoms with Crippen molar-refractivity contribution in [1.29, 1.82) is 0 Å². The molecule has 0 aliphatic heterocycles. The lowest BCUT2D eigenvalue weighted by molar-refractivity contribution is -0.115. The van der Waals surface area contributed by atoms with Gasteiger partial charge >= 0.3 is 0 Å². The van der Waals surface area contributed by atoms with Crippen LogP contribution < -0.4 is 5.32 Å². The number of carbonyl (C=O) groups is 1. The van der Waals surface area contributed by atoms with Gasteiger partial charge in [0.2, 0.25) is 5.91 Å². The highest BCUT2D eigenvalue weighted by Gasteiger charge is 2.11. The van der Waals surface area contributed by atoms with Crippen LogP contribution in [0.1, 0.15) is 41.7 Å². The molecule has 0 spiro atoms. The summed E-state index contributed by atoms with van der Waals surface area (Å²) in [4.78, 5) is 12.4. The number of carbonyl (C=O) groups excluding carboxylic acids is 1. The Hall–Kier alpha value is -2.09. The summed E-state index contributed by atoms with van der Waals surface area (Å²) in [5, 5.41) is 3.12. The highest BCUT2D eigenvalue weighted by molar-refractivity contribution is 5.93. The smallest absolute Gasteiger partial charge is 0.228 e. The highest BCUT2D eigenvalue weighted by atomic mass is 16.1. The highest BCUT2D eigenvalue weighted by Crippen LogP contribution is 2.23. The van der Waals surface area contributed by atoms with Crippen molar-refractivity contribution in [3.63, 3.8) is 0 Å². The number of aryl methyl sites for hydroxylation is 4. The van der Waals surface area contributed by atoms with E-state index in [1.807, 2.05) is 6.07 Å². The molecular weight excluding hydrogens is 270 g/mol. The predicted octanol–water partition coefficient (Wildman–Crippen LogP) is 4.61. The zero-order valence-electron chi connectivity index (χ0n) is 14.0. The first-order valence-electron chi connectivity index (χ1n) is 8.01. The van der Waals surface area contributed by atoms with Crippen LogP contribution in [0, 0.1) is 13.8 Å². The summed E-state index contributed by atoms with van der Waals surface area (Å²) in [5.41, 5.74) is 6.96. The largest absolute Gasteiger partial charge is 0.325 e. The fourth-order valence-electron chi connectivity index (χ4n) is 2.69. The number of amides is 1. The standard InChI is InChI=1S/C20H25NO/c1-5-17-8-7-9-18(6-2)20(17)21-19(22)13-16-11-10-14(3)15(4)12-16/h7-12H,5-6,13H2,1-4H3,(H,21,22). The number of hydrogen-bond donors (Lipinski definition) is 1. The summed E-state index contributed by atoms with van der Waals surface area (Å²) in [7, 11) is 0. The minimum Gasteiger partial charge on any atom is -0.325 e. The van der Waals surface area contributed by atoms with Crippen LogP contribution in [0.3, 0.4) is 0 Å². The lowest BCUT2D eigenvalue weighted by atomic mass is 10.0. The Kier molecular flexibility index (Phi) is 5.37. The van der Waals surface area contributed by atoms with Gasteiger partial charge in [0, 0.05) is 5.69 Å². The second-order valence-electron chi connectivity index (χ2n) is 5.80. The number of anilines is 1. The molecule has 0 aromatic heterocycles. The second-order valence-corrected chi connectivity index (χ2v) is 5.80. The molecule has 1 N–H and O–H groups in total. The molecule has 22 heavy (non-hydrogen) atoms.